The zero-order chi connectivity index (χ0) is 18.5. The molecule has 0 aromatic heterocycles. The lowest BCUT2D eigenvalue weighted by Crippen LogP contribution is -2.28. The molecule has 6 nitrogen and oxygen atoms in total. The summed E-state index contributed by atoms with van der Waals surface area (Å²) in [6, 6.07) is 15.0. The van der Waals surface area contributed by atoms with Crippen LogP contribution in [0.1, 0.15) is 10.9 Å². The van der Waals surface area contributed by atoms with Crippen LogP contribution in [0.4, 0.5) is 11.4 Å². The van der Waals surface area contributed by atoms with Gasteiger partial charge in [-0.05, 0) is 29.8 Å². The molecule has 0 saturated carbocycles. The van der Waals surface area contributed by atoms with E-state index in [9.17, 15) is 9.59 Å². The summed E-state index contributed by atoms with van der Waals surface area (Å²) < 4.78 is 10.2. The maximum atomic E-state index is 12.5. The summed E-state index contributed by atoms with van der Waals surface area (Å²) in [6.07, 6.45) is 0. The molecular formula is C19H20N2O4S. The summed E-state index contributed by atoms with van der Waals surface area (Å²) in [5.74, 6) is 0.912. The number of carbonyl (C=O) groups excluding carboxylic acids is 2. The van der Waals surface area contributed by atoms with E-state index in [1.54, 1.807) is 23.8 Å². The number of anilines is 2. The molecule has 1 N–H and O–H groups in total. The summed E-state index contributed by atoms with van der Waals surface area (Å²) in [5, 5.41) is 2.62. The zero-order valence-corrected chi connectivity index (χ0v) is 15.4. The SMILES string of the molecule is COCC(=O)Nc1ccc([C@@H]2SCC(=O)N2c2ccccc2OC)cc1. The van der Waals surface area contributed by atoms with Crippen LogP contribution < -0.4 is 15.0 Å². The van der Waals surface area contributed by atoms with Gasteiger partial charge in [0.05, 0.1) is 18.6 Å². The van der Waals surface area contributed by atoms with Gasteiger partial charge in [0.2, 0.25) is 11.8 Å². The van der Waals surface area contributed by atoms with Crippen LogP contribution in [0.25, 0.3) is 0 Å². The second-order valence-electron chi connectivity index (χ2n) is 5.70. The number of nitrogens with zero attached hydrogens (tertiary/aromatic N) is 1. The topological polar surface area (TPSA) is 67.9 Å². The molecular weight excluding hydrogens is 352 g/mol. The second-order valence-corrected chi connectivity index (χ2v) is 6.77. The Bertz CT molecular complexity index is 794. The van der Waals surface area contributed by atoms with Gasteiger partial charge in [0.25, 0.3) is 0 Å². The molecule has 2 aromatic carbocycles. The summed E-state index contributed by atoms with van der Waals surface area (Å²) >= 11 is 1.57. The summed E-state index contributed by atoms with van der Waals surface area (Å²) in [5.41, 5.74) is 2.43. The maximum Gasteiger partial charge on any atom is 0.250 e. The van der Waals surface area contributed by atoms with Crippen molar-refractivity contribution in [1.29, 1.82) is 0 Å². The van der Waals surface area contributed by atoms with Crippen LogP contribution in [-0.2, 0) is 14.3 Å². The van der Waals surface area contributed by atoms with E-state index >= 15 is 0 Å². The highest BCUT2D eigenvalue weighted by Crippen LogP contribution is 2.44. The third-order valence-corrected chi connectivity index (χ3v) is 5.18. The van der Waals surface area contributed by atoms with Crippen molar-refractivity contribution in [2.75, 3.05) is 36.8 Å². The van der Waals surface area contributed by atoms with Crippen molar-refractivity contribution >= 4 is 35.0 Å². The normalized spacial score (nSPS) is 16.6. The fourth-order valence-electron chi connectivity index (χ4n) is 2.82. The van der Waals surface area contributed by atoms with E-state index in [2.05, 4.69) is 5.32 Å². The smallest absolute Gasteiger partial charge is 0.250 e. The highest BCUT2D eigenvalue weighted by Gasteiger charge is 2.35. The van der Waals surface area contributed by atoms with Crippen molar-refractivity contribution in [1.82, 2.24) is 0 Å². The van der Waals surface area contributed by atoms with Crippen molar-refractivity contribution in [2.24, 2.45) is 0 Å². The third kappa shape index (κ3) is 3.84. The number of hydrogen-bond acceptors (Lipinski definition) is 5. The lowest BCUT2D eigenvalue weighted by atomic mass is 10.1. The molecule has 1 saturated heterocycles. The Hall–Kier alpha value is -2.51. The summed E-state index contributed by atoms with van der Waals surface area (Å²) in [6.45, 7) is 0.0102. The summed E-state index contributed by atoms with van der Waals surface area (Å²) in [7, 11) is 3.07. The first-order valence-corrected chi connectivity index (χ1v) is 9.14. The number of thioether (sulfide) groups is 1. The van der Waals surface area contributed by atoms with E-state index in [4.69, 9.17) is 9.47 Å². The van der Waals surface area contributed by atoms with Crippen LogP contribution >= 0.6 is 11.8 Å². The van der Waals surface area contributed by atoms with Crippen LogP contribution in [0.3, 0.4) is 0 Å². The highest BCUT2D eigenvalue weighted by molar-refractivity contribution is 8.00. The third-order valence-electron chi connectivity index (χ3n) is 3.97. The molecule has 0 unspecified atom stereocenters. The van der Waals surface area contributed by atoms with E-state index in [0.29, 0.717) is 17.2 Å². The Kier molecular flexibility index (Phi) is 5.80. The molecule has 1 aliphatic rings. The van der Waals surface area contributed by atoms with E-state index < -0.39 is 0 Å². The Morgan fingerprint density at radius 1 is 1.19 bits per heavy atom. The van der Waals surface area contributed by atoms with E-state index in [1.807, 2.05) is 48.5 Å². The largest absolute Gasteiger partial charge is 0.495 e. The molecule has 1 aliphatic heterocycles. The average molecular weight is 372 g/mol. The molecule has 7 heteroatoms. The van der Waals surface area contributed by atoms with Gasteiger partial charge in [-0.25, -0.2) is 0 Å². The second kappa shape index (κ2) is 8.25. The van der Waals surface area contributed by atoms with Gasteiger partial charge in [0.15, 0.2) is 0 Å². The lowest BCUT2D eigenvalue weighted by Gasteiger charge is -2.26. The Morgan fingerprint density at radius 3 is 2.62 bits per heavy atom. The van der Waals surface area contributed by atoms with Gasteiger partial charge < -0.3 is 14.8 Å². The molecule has 1 heterocycles. The monoisotopic (exact) mass is 372 g/mol. The van der Waals surface area contributed by atoms with Gasteiger partial charge in [-0.3, -0.25) is 14.5 Å². The van der Waals surface area contributed by atoms with Crippen molar-refractivity contribution in [2.45, 2.75) is 5.37 Å². The van der Waals surface area contributed by atoms with Gasteiger partial charge in [-0.15, -0.1) is 11.8 Å². The Labute approximate surface area is 156 Å². The minimum Gasteiger partial charge on any atom is -0.495 e. The molecule has 0 radical (unpaired) electrons. The number of para-hydroxylation sites is 2. The van der Waals surface area contributed by atoms with Crippen LogP contribution in [0.2, 0.25) is 0 Å². The van der Waals surface area contributed by atoms with Crippen molar-refractivity contribution < 1.29 is 19.1 Å². The van der Waals surface area contributed by atoms with E-state index in [1.165, 1.54) is 7.11 Å². The van der Waals surface area contributed by atoms with E-state index in [0.717, 1.165) is 11.3 Å². The number of methoxy groups -OCH3 is 2. The molecule has 136 valence electrons. The van der Waals surface area contributed by atoms with Crippen LogP contribution in [-0.4, -0.2) is 38.4 Å². The van der Waals surface area contributed by atoms with Gasteiger partial charge >= 0.3 is 0 Å². The number of amides is 2. The standard InChI is InChI=1S/C19H20N2O4S/c1-24-11-17(22)20-14-9-7-13(8-10-14)19-21(18(23)12-26-19)15-5-3-4-6-16(15)25-2/h3-10,19H,11-12H2,1-2H3,(H,20,22)/t19-/m0/s1. The quantitative estimate of drug-likeness (QED) is 0.844. The lowest BCUT2D eigenvalue weighted by molar-refractivity contribution is -0.119. The number of nitrogens with one attached hydrogen (secondary N) is 1. The number of benzene rings is 2. The molecule has 2 amide bonds. The van der Waals surface area contributed by atoms with Crippen LogP contribution in [0, 0.1) is 0 Å². The molecule has 1 fully saturated rings. The molecule has 1 atom stereocenters. The Balaban J connectivity index is 1.83. The first-order chi connectivity index (χ1) is 12.6. The number of ether oxygens (including phenoxy) is 2. The fourth-order valence-corrected chi connectivity index (χ4v) is 3.99. The van der Waals surface area contributed by atoms with Crippen molar-refractivity contribution in [3.63, 3.8) is 0 Å². The van der Waals surface area contributed by atoms with Gasteiger partial charge in [-0.1, -0.05) is 24.3 Å². The number of rotatable bonds is 6. The fraction of sp³-hybridized carbons (Fsp3) is 0.263. The number of carbonyl (C=O) groups is 2. The first-order valence-electron chi connectivity index (χ1n) is 8.09. The van der Waals surface area contributed by atoms with Crippen LogP contribution in [0.5, 0.6) is 5.75 Å². The predicted octanol–water partition coefficient (Wildman–Crippen LogP) is 3.06. The van der Waals surface area contributed by atoms with Gasteiger partial charge in [0, 0.05) is 12.8 Å². The summed E-state index contributed by atoms with van der Waals surface area (Å²) in [4.78, 5) is 25.9. The number of hydrogen-bond donors (Lipinski definition) is 1. The highest BCUT2D eigenvalue weighted by atomic mass is 32.2. The van der Waals surface area contributed by atoms with Crippen molar-refractivity contribution in [3.05, 3.63) is 54.1 Å². The Morgan fingerprint density at radius 2 is 1.92 bits per heavy atom. The molecule has 0 bridgehead atoms. The molecule has 0 spiro atoms. The molecule has 2 aromatic rings. The molecule has 26 heavy (non-hydrogen) atoms. The minimum absolute atomic E-state index is 0.0102. The minimum atomic E-state index is -0.207. The van der Waals surface area contributed by atoms with Gasteiger partial charge in [-0.2, -0.15) is 0 Å². The van der Waals surface area contributed by atoms with Crippen LogP contribution in [0.15, 0.2) is 48.5 Å². The maximum absolute atomic E-state index is 12.5. The first kappa shape index (κ1) is 18.3. The zero-order valence-electron chi connectivity index (χ0n) is 14.6. The predicted molar refractivity (Wildman–Crippen MR) is 103 cm³/mol. The van der Waals surface area contributed by atoms with E-state index in [-0.39, 0.29) is 23.8 Å². The van der Waals surface area contributed by atoms with Crippen molar-refractivity contribution in [3.8, 4) is 5.75 Å². The average Bonchev–Trinajstić information content (AvgIpc) is 3.04. The molecule has 0 aliphatic carbocycles. The van der Waals surface area contributed by atoms with Gasteiger partial charge in [0.1, 0.15) is 17.7 Å². The molecule has 3 rings (SSSR count).